The number of aromatic carboxylic acids is 1. The number of carbonyl (C=O) groups is 3. The third-order valence-corrected chi connectivity index (χ3v) is 3.57. The molecule has 19 heavy (non-hydrogen) atoms. The van der Waals surface area contributed by atoms with Crippen molar-refractivity contribution >= 4 is 34.3 Å². The van der Waals surface area contributed by atoms with Crippen LogP contribution in [-0.4, -0.2) is 36.7 Å². The fourth-order valence-corrected chi connectivity index (χ4v) is 2.39. The van der Waals surface area contributed by atoms with E-state index in [2.05, 4.69) is 15.4 Å². The van der Waals surface area contributed by atoms with Crippen molar-refractivity contribution < 1.29 is 24.2 Å². The fraction of sp³-hybridized carbons (Fsp3) is 0.364. The Morgan fingerprint density at radius 1 is 1.32 bits per heavy atom. The molecular weight excluding hydrogens is 272 g/mol. The smallest absolute Gasteiger partial charge is 0.338 e. The van der Waals surface area contributed by atoms with Crippen molar-refractivity contribution in [1.82, 2.24) is 5.32 Å². The number of urea groups is 1. The quantitative estimate of drug-likeness (QED) is 0.725. The van der Waals surface area contributed by atoms with Crippen molar-refractivity contribution in [2.75, 3.05) is 19.0 Å². The van der Waals surface area contributed by atoms with Gasteiger partial charge in [-0.05, 0) is 19.4 Å². The monoisotopic (exact) mass is 286 g/mol. The largest absolute Gasteiger partial charge is 0.478 e. The number of esters is 1. The zero-order valence-electron chi connectivity index (χ0n) is 10.7. The Morgan fingerprint density at radius 3 is 2.47 bits per heavy atom. The maximum Gasteiger partial charge on any atom is 0.338 e. The molecule has 1 heterocycles. The lowest BCUT2D eigenvalue weighted by Gasteiger charge is -2.06. The second-order valence-corrected chi connectivity index (χ2v) is 4.90. The number of hydrogen-bond acceptors (Lipinski definition) is 5. The van der Waals surface area contributed by atoms with E-state index in [1.165, 1.54) is 18.4 Å². The summed E-state index contributed by atoms with van der Waals surface area (Å²) in [5, 5.41) is 14.0. The number of anilines is 1. The van der Waals surface area contributed by atoms with Gasteiger partial charge in [0.05, 0.1) is 12.7 Å². The van der Waals surface area contributed by atoms with Crippen LogP contribution in [0, 0.1) is 13.8 Å². The van der Waals surface area contributed by atoms with Crippen LogP contribution in [0.4, 0.5) is 9.80 Å². The molecule has 0 atom stereocenters. The molecule has 0 unspecified atom stereocenters. The van der Waals surface area contributed by atoms with Gasteiger partial charge in [-0.2, -0.15) is 0 Å². The van der Waals surface area contributed by atoms with Gasteiger partial charge in [0.15, 0.2) is 0 Å². The average Bonchev–Trinajstić information content (AvgIpc) is 2.61. The molecule has 0 aromatic carbocycles. The Morgan fingerprint density at radius 2 is 1.95 bits per heavy atom. The van der Waals surface area contributed by atoms with Gasteiger partial charge < -0.3 is 15.2 Å². The number of carbonyl (C=O) groups excluding carboxylic acids is 2. The van der Waals surface area contributed by atoms with Gasteiger partial charge in [0.1, 0.15) is 11.5 Å². The summed E-state index contributed by atoms with van der Waals surface area (Å²) in [4.78, 5) is 34.3. The van der Waals surface area contributed by atoms with Crippen LogP contribution in [-0.2, 0) is 9.53 Å². The standard InChI is InChI=1S/C11H14N2O5S/c1-5-6(2)19-9(8(5)10(15)16)13-11(17)12-4-7(14)18-3/h4H2,1-3H3,(H,15,16)(H2,12,13,17). The molecule has 1 rings (SSSR count). The van der Waals surface area contributed by atoms with Crippen molar-refractivity contribution in [3.8, 4) is 0 Å². The van der Waals surface area contributed by atoms with Crippen molar-refractivity contribution in [2.45, 2.75) is 13.8 Å². The number of thiophene rings is 1. The van der Waals surface area contributed by atoms with Crippen LogP contribution in [0.2, 0.25) is 0 Å². The minimum Gasteiger partial charge on any atom is -0.478 e. The highest BCUT2D eigenvalue weighted by atomic mass is 32.1. The molecule has 0 aliphatic rings. The molecule has 1 aromatic rings. The molecule has 3 N–H and O–H groups in total. The van der Waals surface area contributed by atoms with Crippen LogP contribution >= 0.6 is 11.3 Å². The molecule has 0 bridgehead atoms. The van der Waals surface area contributed by atoms with E-state index in [4.69, 9.17) is 5.11 Å². The number of aryl methyl sites for hydroxylation is 1. The highest BCUT2D eigenvalue weighted by Crippen LogP contribution is 2.32. The zero-order valence-corrected chi connectivity index (χ0v) is 11.5. The number of carboxylic acids is 1. The number of ether oxygens (including phenoxy) is 1. The first-order valence-corrected chi connectivity index (χ1v) is 6.13. The molecule has 1 aromatic heterocycles. The summed E-state index contributed by atoms with van der Waals surface area (Å²) in [5.74, 6) is -1.70. The van der Waals surface area contributed by atoms with Crippen LogP contribution in [0.1, 0.15) is 20.8 Å². The maximum atomic E-state index is 11.5. The van der Waals surface area contributed by atoms with Crippen molar-refractivity contribution in [3.05, 3.63) is 16.0 Å². The van der Waals surface area contributed by atoms with E-state index in [1.807, 2.05) is 0 Å². The van der Waals surface area contributed by atoms with Crippen LogP contribution in [0.15, 0.2) is 0 Å². The Hall–Kier alpha value is -2.09. The molecule has 0 saturated heterocycles. The Bertz CT molecular complexity index is 523. The summed E-state index contributed by atoms with van der Waals surface area (Å²) in [7, 11) is 1.20. The minimum atomic E-state index is -1.11. The van der Waals surface area contributed by atoms with Crippen LogP contribution in [0.25, 0.3) is 0 Å². The van der Waals surface area contributed by atoms with Gasteiger partial charge in [-0.3, -0.25) is 10.1 Å². The molecular formula is C11H14N2O5S. The van der Waals surface area contributed by atoms with E-state index < -0.39 is 18.0 Å². The van der Waals surface area contributed by atoms with Crippen molar-refractivity contribution in [2.24, 2.45) is 0 Å². The molecule has 0 aliphatic carbocycles. The van der Waals surface area contributed by atoms with Crippen molar-refractivity contribution in [1.29, 1.82) is 0 Å². The summed E-state index contributed by atoms with van der Waals surface area (Å²) in [5.41, 5.74) is 0.677. The number of hydrogen-bond donors (Lipinski definition) is 3. The molecule has 104 valence electrons. The van der Waals surface area contributed by atoms with E-state index >= 15 is 0 Å². The van der Waals surface area contributed by atoms with Gasteiger partial charge in [0, 0.05) is 4.88 Å². The summed E-state index contributed by atoms with van der Waals surface area (Å²) < 4.78 is 4.36. The number of carboxylic acid groups (broad SMARTS) is 1. The summed E-state index contributed by atoms with van der Waals surface area (Å²) in [6.45, 7) is 3.16. The lowest BCUT2D eigenvalue weighted by Crippen LogP contribution is -2.33. The third-order valence-electron chi connectivity index (χ3n) is 2.45. The molecule has 2 amide bonds. The van der Waals surface area contributed by atoms with E-state index in [-0.39, 0.29) is 17.1 Å². The topological polar surface area (TPSA) is 105 Å². The Labute approximate surface area is 113 Å². The van der Waals surface area contributed by atoms with E-state index in [0.717, 1.165) is 4.88 Å². The SMILES string of the molecule is COC(=O)CNC(=O)Nc1sc(C)c(C)c1C(=O)O. The maximum absolute atomic E-state index is 11.5. The number of amides is 2. The Balaban J connectivity index is 2.77. The first kappa shape index (κ1) is 15.0. The Kier molecular flexibility index (Phi) is 4.87. The first-order chi connectivity index (χ1) is 8.86. The second kappa shape index (κ2) is 6.19. The first-order valence-electron chi connectivity index (χ1n) is 5.31. The van der Waals surface area contributed by atoms with Gasteiger partial charge in [0.2, 0.25) is 0 Å². The van der Waals surface area contributed by atoms with Crippen molar-refractivity contribution in [3.63, 3.8) is 0 Å². The van der Waals surface area contributed by atoms with Gasteiger partial charge in [-0.15, -0.1) is 11.3 Å². The molecule has 0 radical (unpaired) electrons. The van der Waals surface area contributed by atoms with Gasteiger partial charge in [0.25, 0.3) is 0 Å². The molecule has 0 spiro atoms. The van der Waals surface area contributed by atoms with E-state index in [9.17, 15) is 14.4 Å². The summed E-state index contributed by atoms with van der Waals surface area (Å²) >= 11 is 1.17. The van der Waals surface area contributed by atoms with Crippen LogP contribution < -0.4 is 10.6 Å². The average molecular weight is 286 g/mol. The predicted octanol–water partition coefficient (Wildman–Crippen LogP) is 1.36. The lowest BCUT2D eigenvalue weighted by molar-refractivity contribution is -0.139. The van der Waals surface area contributed by atoms with Crippen LogP contribution in [0.3, 0.4) is 0 Å². The normalized spacial score (nSPS) is 9.84. The minimum absolute atomic E-state index is 0.0655. The molecule has 0 aliphatic heterocycles. The van der Waals surface area contributed by atoms with Gasteiger partial charge in [-0.25, -0.2) is 9.59 Å². The van der Waals surface area contributed by atoms with E-state index in [1.54, 1.807) is 13.8 Å². The second-order valence-electron chi connectivity index (χ2n) is 3.68. The highest BCUT2D eigenvalue weighted by molar-refractivity contribution is 7.16. The molecule has 7 nitrogen and oxygen atoms in total. The molecule has 0 fully saturated rings. The van der Waals surface area contributed by atoms with E-state index in [0.29, 0.717) is 5.56 Å². The third kappa shape index (κ3) is 3.68. The van der Waals surface area contributed by atoms with Gasteiger partial charge >= 0.3 is 18.0 Å². The fourth-order valence-electron chi connectivity index (χ4n) is 1.34. The zero-order chi connectivity index (χ0) is 14.6. The number of methoxy groups -OCH3 is 1. The van der Waals surface area contributed by atoms with Gasteiger partial charge in [-0.1, -0.05) is 0 Å². The summed E-state index contributed by atoms with van der Waals surface area (Å²) in [6, 6.07) is -0.658. The number of nitrogens with one attached hydrogen (secondary N) is 2. The number of rotatable bonds is 4. The highest BCUT2D eigenvalue weighted by Gasteiger charge is 2.20. The molecule has 8 heteroatoms. The molecule has 0 saturated carbocycles. The predicted molar refractivity (Wildman–Crippen MR) is 69.8 cm³/mol. The lowest BCUT2D eigenvalue weighted by atomic mass is 10.1. The summed E-state index contributed by atoms with van der Waals surface area (Å²) in [6.07, 6.45) is 0. The van der Waals surface area contributed by atoms with Crippen LogP contribution in [0.5, 0.6) is 0 Å².